The van der Waals surface area contributed by atoms with E-state index in [9.17, 15) is 27.6 Å². The highest BCUT2D eigenvalue weighted by Gasteiger charge is 2.51. The number of carbonyl (C=O) groups is 3. The van der Waals surface area contributed by atoms with Gasteiger partial charge < -0.3 is 9.64 Å². The Morgan fingerprint density at radius 1 is 1.14 bits per heavy atom. The minimum Gasteiger partial charge on any atom is -0.379 e. The van der Waals surface area contributed by atoms with Crippen molar-refractivity contribution >= 4 is 35.3 Å². The van der Waals surface area contributed by atoms with E-state index in [0.717, 1.165) is 4.90 Å². The van der Waals surface area contributed by atoms with E-state index in [2.05, 4.69) is 10.4 Å². The number of morpholine rings is 1. The zero-order valence-corrected chi connectivity index (χ0v) is 20.4. The number of carbonyl (C=O) groups excluding carboxylic acids is 3. The maximum absolute atomic E-state index is 13.3. The molecule has 2 fully saturated rings. The number of alkyl halides is 3. The molecule has 4 rings (SSSR count). The lowest BCUT2D eigenvalue weighted by Crippen LogP contribution is -2.48. The van der Waals surface area contributed by atoms with E-state index in [1.807, 2.05) is 0 Å². The van der Waals surface area contributed by atoms with Gasteiger partial charge in [-0.3, -0.25) is 20.0 Å². The molecule has 2 aliphatic heterocycles. The van der Waals surface area contributed by atoms with Crippen LogP contribution in [0.1, 0.15) is 29.9 Å². The zero-order valence-electron chi connectivity index (χ0n) is 19.5. The van der Waals surface area contributed by atoms with Crippen molar-refractivity contribution in [3.63, 3.8) is 0 Å². The van der Waals surface area contributed by atoms with Crippen molar-refractivity contribution in [2.45, 2.75) is 36.3 Å². The van der Waals surface area contributed by atoms with Gasteiger partial charge in [-0.15, -0.1) is 0 Å². The molecule has 0 spiro atoms. The van der Waals surface area contributed by atoms with Crippen LogP contribution in [0, 0.1) is 0 Å². The number of hydrogen-bond acceptors (Lipinski definition) is 7. The number of urea groups is 1. The highest BCUT2D eigenvalue weighted by molar-refractivity contribution is 8.00. The summed E-state index contributed by atoms with van der Waals surface area (Å²) in [6.45, 7) is 5.33. The molecule has 9 nitrogen and oxygen atoms in total. The van der Waals surface area contributed by atoms with Crippen molar-refractivity contribution in [3.05, 3.63) is 53.9 Å². The van der Waals surface area contributed by atoms with E-state index in [4.69, 9.17) is 4.74 Å². The standard InChI is InChI=1S/C23H24F3N5O4S/c1-22(2)20(33)31(16-3-5-17(6-4-16)36-23(24,25)26)21(34)30(22)14-15-7-8-27-18(13-15)19(32)28-29-9-11-35-12-10-29/h3-8,13H,9-12,14H2,1-2H3,(H,28,32). The maximum Gasteiger partial charge on any atom is 0.446 e. The Balaban J connectivity index is 1.50. The van der Waals surface area contributed by atoms with Crippen LogP contribution in [0.2, 0.25) is 0 Å². The average Bonchev–Trinajstić information content (AvgIpc) is 2.99. The second-order valence-corrected chi connectivity index (χ2v) is 9.84. The Hall–Kier alpha value is -3.16. The molecule has 0 radical (unpaired) electrons. The topological polar surface area (TPSA) is 95.1 Å². The summed E-state index contributed by atoms with van der Waals surface area (Å²) in [6, 6.07) is 7.63. The average molecular weight is 524 g/mol. The number of anilines is 1. The molecular weight excluding hydrogens is 499 g/mol. The first-order valence-corrected chi connectivity index (χ1v) is 11.9. The molecule has 2 aliphatic rings. The molecule has 0 unspecified atom stereocenters. The molecule has 0 bridgehead atoms. The number of nitrogens with one attached hydrogen (secondary N) is 1. The molecule has 2 aromatic rings. The predicted molar refractivity (Wildman–Crippen MR) is 125 cm³/mol. The van der Waals surface area contributed by atoms with Gasteiger partial charge in [0.2, 0.25) is 0 Å². The number of aromatic nitrogens is 1. The fraction of sp³-hybridized carbons (Fsp3) is 0.391. The summed E-state index contributed by atoms with van der Waals surface area (Å²) in [4.78, 5) is 45.4. The van der Waals surface area contributed by atoms with Crippen molar-refractivity contribution < 1.29 is 32.3 Å². The molecule has 36 heavy (non-hydrogen) atoms. The lowest BCUT2D eigenvalue weighted by molar-refractivity contribution is -0.123. The summed E-state index contributed by atoms with van der Waals surface area (Å²) in [5, 5.41) is 1.74. The van der Waals surface area contributed by atoms with Gasteiger partial charge in [-0.05, 0) is 67.6 Å². The van der Waals surface area contributed by atoms with Crippen LogP contribution in [0.25, 0.3) is 0 Å². The fourth-order valence-electron chi connectivity index (χ4n) is 3.88. The molecule has 3 heterocycles. The number of halogens is 3. The number of amides is 4. The van der Waals surface area contributed by atoms with Gasteiger partial charge in [0.25, 0.3) is 11.8 Å². The number of rotatable bonds is 6. The first-order valence-electron chi connectivity index (χ1n) is 11.1. The molecule has 13 heteroatoms. The molecule has 2 saturated heterocycles. The van der Waals surface area contributed by atoms with Crippen LogP contribution >= 0.6 is 11.8 Å². The van der Waals surface area contributed by atoms with Crippen molar-refractivity contribution in [2.24, 2.45) is 0 Å². The van der Waals surface area contributed by atoms with E-state index in [0.29, 0.717) is 31.9 Å². The van der Waals surface area contributed by atoms with Gasteiger partial charge in [0.05, 0.1) is 18.9 Å². The minimum atomic E-state index is -4.44. The summed E-state index contributed by atoms with van der Waals surface area (Å²) in [5.41, 5.74) is -1.98. The van der Waals surface area contributed by atoms with Crippen LogP contribution < -0.4 is 10.3 Å². The molecule has 1 aromatic carbocycles. The predicted octanol–water partition coefficient (Wildman–Crippen LogP) is 3.42. The molecule has 0 saturated carbocycles. The van der Waals surface area contributed by atoms with Crippen LogP contribution in [-0.4, -0.2) is 70.1 Å². The molecule has 0 atom stereocenters. The number of ether oxygens (including phenoxy) is 1. The summed E-state index contributed by atoms with van der Waals surface area (Å²) in [7, 11) is 0. The Bertz CT molecular complexity index is 1150. The van der Waals surface area contributed by atoms with Crippen molar-refractivity contribution in [2.75, 3.05) is 31.2 Å². The van der Waals surface area contributed by atoms with Crippen LogP contribution in [0.15, 0.2) is 47.5 Å². The number of pyridine rings is 1. The highest BCUT2D eigenvalue weighted by atomic mass is 32.2. The normalized spacial score (nSPS) is 18.6. The third-order valence-electron chi connectivity index (χ3n) is 5.82. The van der Waals surface area contributed by atoms with Gasteiger partial charge >= 0.3 is 11.5 Å². The Morgan fingerprint density at radius 2 is 1.81 bits per heavy atom. The van der Waals surface area contributed by atoms with Crippen molar-refractivity contribution in [3.8, 4) is 0 Å². The first-order chi connectivity index (χ1) is 17.0. The number of hydrazine groups is 1. The van der Waals surface area contributed by atoms with E-state index in [1.165, 1.54) is 35.4 Å². The van der Waals surface area contributed by atoms with Crippen LogP contribution in [0.4, 0.5) is 23.7 Å². The second kappa shape index (κ2) is 10.1. The number of imide groups is 1. The van der Waals surface area contributed by atoms with E-state index in [-0.39, 0.29) is 34.6 Å². The molecule has 1 aromatic heterocycles. The monoisotopic (exact) mass is 523 g/mol. The third-order valence-corrected chi connectivity index (χ3v) is 6.56. The Morgan fingerprint density at radius 3 is 2.44 bits per heavy atom. The summed E-state index contributed by atoms with van der Waals surface area (Å²) in [6.07, 6.45) is 1.45. The molecule has 4 amide bonds. The molecule has 1 N–H and O–H groups in total. The number of thioether (sulfide) groups is 1. The van der Waals surface area contributed by atoms with Gasteiger partial charge in [0.1, 0.15) is 11.2 Å². The van der Waals surface area contributed by atoms with Gasteiger partial charge in [-0.1, -0.05) is 0 Å². The summed E-state index contributed by atoms with van der Waals surface area (Å²) in [5.74, 6) is -0.914. The second-order valence-electron chi connectivity index (χ2n) is 8.70. The van der Waals surface area contributed by atoms with Crippen LogP contribution in [0.5, 0.6) is 0 Å². The van der Waals surface area contributed by atoms with Gasteiger partial charge in [0, 0.05) is 30.7 Å². The molecule has 192 valence electrons. The Labute approximate surface area is 209 Å². The summed E-state index contributed by atoms with van der Waals surface area (Å²) < 4.78 is 43.1. The first kappa shape index (κ1) is 25.9. The number of nitrogens with zero attached hydrogens (tertiary/aromatic N) is 4. The lowest BCUT2D eigenvalue weighted by atomic mass is 10.0. The minimum absolute atomic E-state index is 0.0242. The summed E-state index contributed by atoms with van der Waals surface area (Å²) >= 11 is -0.276. The van der Waals surface area contributed by atoms with Gasteiger partial charge in [-0.25, -0.2) is 14.7 Å². The highest BCUT2D eigenvalue weighted by Crippen LogP contribution is 2.38. The van der Waals surface area contributed by atoms with E-state index in [1.54, 1.807) is 31.0 Å². The zero-order chi connectivity index (χ0) is 26.1. The van der Waals surface area contributed by atoms with Crippen LogP contribution in [-0.2, 0) is 16.1 Å². The van der Waals surface area contributed by atoms with Gasteiger partial charge in [0.15, 0.2) is 0 Å². The number of hydrogen-bond donors (Lipinski definition) is 1. The smallest absolute Gasteiger partial charge is 0.379 e. The van der Waals surface area contributed by atoms with Crippen molar-refractivity contribution in [1.82, 2.24) is 20.3 Å². The van der Waals surface area contributed by atoms with Gasteiger partial charge in [-0.2, -0.15) is 13.2 Å². The SMILES string of the molecule is CC1(C)C(=O)N(c2ccc(SC(F)(F)F)cc2)C(=O)N1Cc1ccnc(C(=O)NN2CCOCC2)c1. The fourth-order valence-corrected chi connectivity index (χ4v) is 4.42. The molecule has 0 aliphatic carbocycles. The number of benzene rings is 1. The molecular formula is C23H24F3N5O4S. The van der Waals surface area contributed by atoms with Crippen molar-refractivity contribution in [1.29, 1.82) is 0 Å². The lowest BCUT2D eigenvalue weighted by Gasteiger charge is -2.28. The van der Waals surface area contributed by atoms with E-state index >= 15 is 0 Å². The van der Waals surface area contributed by atoms with Crippen LogP contribution in [0.3, 0.4) is 0 Å². The van der Waals surface area contributed by atoms with E-state index < -0.39 is 28.9 Å². The Kier molecular flexibility index (Phi) is 7.25. The quantitative estimate of drug-likeness (QED) is 0.458. The third kappa shape index (κ3) is 5.63. The largest absolute Gasteiger partial charge is 0.446 e. The maximum atomic E-state index is 13.3.